The van der Waals surface area contributed by atoms with Gasteiger partial charge in [-0.3, -0.25) is 0 Å². The molecule has 0 spiro atoms. The third kappa shape index (κ3) is 4.14. The Labute approximate surface area is 176 Å². The Morgan fingerprint density at radius 3 is 2.45 bits per heavy atom. The third-order valence-electron chi connectivity index (χ3n) is 8.03. The molecule has 1 aliphatic heterocycles. The van der Waals surface area contributed by atoms with Gasteiger partial charge in [0.05, 0.1) is 46.0 Å². The number of nitrogens with one attached hydrogen (secondary N) is 1. The van der Waals surface area contributed by atoms with Crippen LogP contribution in [0.2, 0.25) is 0 Å². The maximum Gasteiger partial charge on any atom is 0.126 e. The minimum Gasteiger partial charge on any atom is -0.497 e. The number of anilines is 1. The normalized spacial score (nSPS) is 32.5. The Morgan fingerprint density at radius 2 is 1.86 bits per heavy atom. The second-order valence-corrected chi connectivity index (χ2v) is 10.4. The molecule has 0 radical (unpaired) electrons. The zero-order chi connectivity index (χ0) is 20.6. The smallest absolute Gasteiger partial charge is 0.126 e. The molecule has 1 heterocycles. The van der Waals surface area contributed by atoms with E-state index in [0.717, 1.165) is 44.4 Å². The van der Waals surface area contributed by atoms with E-state index < -0.39 is 0 Å². The fourth-order valence-corrected chi connectivity index (χ4v) is 6.35. The predicted molar refractivity (Wildman–Crippen MR) is 116 cm³/mol. The molecule has 2 saturated carbocycles. The summed E-state index contributed by atoms with van der Waals surface area (Å²) in [4.78, 5) is 3.90. The average Bonchev–Trinajstić information content (AvgIpc) is 3.19. The van der Waals surface area contributed by atoms with Crippen molar-refractivity contribution in [2.75, 3.05) is 51.3 Å². The van der Waals surface area contributed by atoms with E-state index in [-0.39, 0.29) is 17.6 Å². The second kappa shape index (κ2) is 8.09. The summed E-state index contributed by atoms with van der Waals surface area (Å²) in [6.07, 6.45) is 3.82. The van der Waals surface area contributed by atoms with Crippen LogP contribution < -0.4 is 14.5 Å². The molecule has 0 amide bonds. The molecule has 1 aromatic rings. The van der Waals surface area contributed by atoms with E-state index in [9.17, 15) is 5.11 Å². The Kier molecular flexibility index (Phi) is 5.84. The number of quaternary nitrogens is 1. The standard InChI is InChI=1S/C24H38N2O3/c1-23(2)18-9-10-24(3,15-18)22(23)29-17-20(27)16-25-11-13-26(14-12-25)19-5-7-21(28-4)8-6-19/h5-8,18,20,22,27H,9-17H2,1-4H3/p+1/t18-,20+,22+,24+/m0/s1. The van der Waals surface area contributed by atoms with Gasteiger partial charge in [0.15, 0.2) is 0 Å². The fraction of sp³-hybridized carbons (Fsp3) is 0.750. The summed E-state index contributed by atoms with van der Waals surface area (Å²) in [5.41, 5.74) is 1.80. The molecule has 162 valence electrons. The molecule has 1 saturated heterocycles. The van der Waals surface area contributed by atoms with Gasteiger partial charge in [-0.05, 0) is 60.3 Å². The van der Waals surface area contributed by atoms with Gasteiger partial charge in [0.25, 0.3) is 0 Å². The van der Waals surface area contributed by atoms with E-state index in [0.29, 0.717) is 12.0 Å². The minimum atomic E-state index is -0.379. The highest BCUT2D eigenvalue weighted by atomic mass is 16.5. The van der Waals surface area contributed by atoms with Gasteiger partial charge in [0.1, 0.15) is 18.4 Å². The van der Waals surface area contributed by atoms with Gasteiger partial charge in [-0.25, -0.2) is 0 Å². The van der Waals surface area contributed by atoms with Crippen molar-refractivity contribution in [2.45, 2.75) is 52.2 Å². The van der Waals surface area contributed by atoms with Crippen molar-refractivity contribution in [3.63, 3.8) is 0 Å². The van der Waals surface area contributed by atoms with E-state index in [1.54, 1.807) is 7.11 Å². The quantitative estimate of drug-likeness (QED) is 0.731. The molecule has 2 bridgehead atoms. The van der Waals surface area contributed by atoms with Gasteiger partial charge in [-0.2, -0.15) is 0 Å². The number of piperazine rings is 1. The van der Waals surface area contributed by atoms with Gasteiger partial charge < -0.3 is 24.4 Å². The van der Waals surface area contributed by atoms with Gasteiger partial charge in [0.2, 0.25) is 0 Å². The van der Waals surface area contributed by atoms with Crippen molar-refractivity contribution < 1.29 is 19.5 Å². The summed E-state index contributed by atoms with van der Waals surface area (Å²) >= 11 is 0. The average molecular weight is 404 g/mol. The highest BCUT2D eigenvalue weighted by molar-refractivity contribution is 5.49. The van der Waals surface area contributed by atoms with Crippen molar-refractivity contribution in [1.82, 2.24) is 0 Å². The first kappa shape index (κ1) is 21.0. The topological polar surface area (TPSA) is 46.4 Å². The zero-order valence-corrected chi connectivity index (χ0v) is 18.6. The van der Waals surface area contributed by atoms with E-state index in [1.807, 2.05) is 12.1 Å². The Bertz CT molecular complexity index is 679. The molecule has 4 rings (SSSR count). The maximum absolute atomic E-state index is 10.7. The molecule has 29 heavy (non-hydrogen) atoms. The van der Waals surface area contributed by atoms with Crippen LogP contribution in [0.15, 0.2) is 24.3 Å². The molecule has 3 fully saturated rings. The summed E-state index contributed by atoms with van der Waals surface area (Å²) in [6.45, 7) is 12.5. The highest BCUT2D eigenvalue weighted by Gasteiger charge is 2.60. The maximum atomic E-state index is 10.7. The number of hydrogen-bond acceptors (Lipinski definition) is 4. The van der Waals surface area contributed by atoms with Crippen LogP contribution in [-0.2, 0) is 4.74 Å². The van der Waals surface area contributed by atoms with Crippen molar-refractivity contribution in [3.05, 3.63) is 24.3 Å². The summed E-state index contributed by atoms with van der Waals surface area (Å²) in [5, 5.41) is 10.7. The predicted octanol–water partition coefficient (Wildman–Crippen LogP) is 1.99. The first-order valence-corrected chi connectivity index (χ1v) is 11.3. The number of fused-ring (bicyclic) bond motifs is 2. The van der Waals surface area contributed by atoms with Crippen LogP contribution >= 0.6 is 0 Å². The Morgan fingerprint density at radius 1 is 1.17 bits per heavy atom. The van der Waals surface area contributed by atoms with Crippen LogP contribution in [0.25, 0.3) is 0 Å². The molecule has 1 aromatic carbocycles. The third-order valence-corrected chi connectivity index (χ3v) is 8.03. The Hall–Kier alpha value is -1.30. The summed E-state index contributed by atoms with van der Waals surface area (Å²) in [6, 6.07) is 8.30. The van der Waals surface area contributed by atoms with Crippen molar-refractivity contribution in [1.29, 1.82) is 0 Å². The highest BCUT2D eigenvalue weighted by Crippen LogP contribution is 2.63. The summed E-state index contributed by atoms with van der Waals surface area (Å²) in [7, 11) is 1.70. The van der Waals surface area contributed by atoms with Gasteiger partial charge >= 0.3 is 0 Å². The lowest BCUT2D eigenvalue weighted by atomic mass is 9.70. The molecule has 5 heteroatoms. The number of methoxy groups -OCH3 is 1. The number of aliphatic hydroxyl groups excluding tert-OH is 1. The van der Waals surface area contributed by atoms with E-state index >= 15 is 0 Å². The lowest BCUT2D eigenvalue weighted by molar-refractivity contribution is -0.903. The number of rotatable bonds is 7. The lowest BCUT2D eigenvalue weighted by Crippen LogP contribution is -3.16. The van der Waals surface area contributed by atoms with Crippen molar-refractivity contribution in [2.24, 2.45) is 16.7 Å². The monoisotopic (exact) mass is 403 g/mol. The van der Waals surface area contributed by atoms with Crippen molar-refractivity contribution >= 4 is 5.69 Å². The van der Waals surface area contributed by atoms with Crippen LogP contribution in [0.1, 0.15) is 40.0 Å². The van der Waals surface area contributed by atoms with Gasteiger partial charge in [0, 0.05) is 5.69 Å². The largest absolute Gasteiger partial charge is 0.497 e. The second-order valence-electron chi connectivity index (χ2n) is 10.4. The fourth-order valence-electron chi connectivity index (χ4n) is 6.35. The molecule has 5 nitrogen and oxygen atoms in total. The summed E-state index contributed by atoms with van der Waals surface area (Å²) in [5.74, 6) is 1.68. The SMILES string of the molecule is COc1ccc(N2CC[NH+](C[C@@H](O)CO[C@@H]3C(C)(C)[C@H]4CC[C@]3(C)C4)CC2)cc1. The molecule has 0 aromatic heterocycles. The molecule has 4 atom stereocenters. The van der Waals surface area contributed by atoms with Crippen LogP contribution in [0.5, 0.6) is 5.75 Å². The minimum absolute atomic E-state index is 0.240. The molecule has 3 aliphatic rings. The van der Waals surface area contributed by atoms with Crippen LogP contribution in [0.4, 0.5) is 5.69 Å². The van der Waals surface area contributed by atoms with E-state index in [2.05, 4.69) is 37.8 Å². The summed E-state index contributed by atoms with van der Waals surface area (Å²) < 4.78 is 11.6. The van der Waals surface area contributed by atoms with Crippen LogP contribution in [-0.4, -0.2) is 63.8 Å². The van der Waals surface area contributed by atoms with Crippen molar-refractivity contribution in [3.8, 4) is 5.75 Å². The molecule has 0 unspecified atom stereocenters. The van der Waals surface area contributed by atoms with E-state index in [4.69, 9.17) is 9.47 Å². The number of ether oxygens (including phenoxy) is 2. The molecule has 2 aliphatic carbocycles. The number of benzene rings is 1. The lowest BCUT2D eigenvalue weighted by Gasteiger charge is -2.42. The van der Waals surface area contributed by atoms with Gasteiger partial charge in [-0.1, -0.05) is 20.8 Å². The molecular weight excluding hydrogens is 364 g/mol. The van der Waals surface area contributed by atoms with E-state index in [1.165, 1.54) is 29.8 Å². The number of aliphatic hydroxyl groups is 1. The number of nitrogens with zero attached hydrogens (tertiary/aromatic N) is 1. The first-order chi connectivity index (χ1) is 13.8. The Balaban J connectivity index is 1.22. The van der Waals surface area contributed by atoms with Crippen LogP contribution in [0.3, 0.4) is 0 Å². The van der Waals surface area contributed by atoms with Gasteiger partial charge in [-0.15, -0.1) is 0 Å². The zero-order valence-electron chi connectivity index (χ0n) is 18.6. The number of hydrogen-bond donors (Lipinski definition) is 2. The van der Waals surface area contributed by atoms with Crippen LogP contribution in [0, 0.1) is 16.7 Å². The first-order valence-electron chi connectivity index (χ1n) is 11.3. The molecular formula is C24H39N2O3+. The molecule has 2 N–H and O–H groups in total.